The normalized spacial score (nSPS) is 25.5. The quantitative estimate of drug-likeness (QED) is 0.895. The number of nitrogens with zero attached hydrogens (tertiary/aromatic N) is 1. The largest absolute Gasteiger partial charge is 0.308 e. The Balaban J connectivity index is 1.75. The fourth-order valence-electron chi connectivity index (χ4n) is 4.07. The van der Waals surface area contributed by atoms with Crippen molar-refractivity contribution in [3.05, 3.63) is 34.9 Å². The molecule has 1 saturated heterocycles. The van der Waals surface area contributed by atoms with Gasteiger partial charge in [-0.25, -0.2) is 0 Å². The van der Waals surface area contributed by atoms with Gasteiger partial charge in [0.05, 0.1) is 0 Å². The minimum atomic E-state index is 0.380. The van der Waals surface area contributed by atoms with Crippen LogP contribution in [0.2, 0.25) is 5.02 Å². The minimum Gasteiger partial charge on any atom is -0.308 e. The first-order valence-electron chi connectivity index (χ1n) is 8.45. The van der Waals surface area contributed by atoms with E-state index in [0.29, 0.717) is 11.6 Å². The Morgan fingerprint density at radius 1 is 1.29 bits per heavy atom. The van der Waals surface area contributed by atoms with Gasteiger partial charge in [0.25, 0.3) is 0 Å². The van der Waals surface area contributed by atoms with Gasteiger partial charge in [-0.3, -0.25) is 4.90 Å². The van der Waals surface area contributed by atoms with Gasteiger partial charge >= 0.3 is 0 Å². The number of nitrogens with one attached hydrogen (secondary N) is 1. The summed E-state index contributed by atoms with van der Waals surface area (Å²) in [5.41, 5.74) is 1.65. The van der Waals surface area contributed by atoms with E-state index >= 15 is 0 Å². The maximum Gasteiger partial charge on any atom is 0.0451 e. The van der Waals surface area contributed by atoms with Gasteiger partial charge in [-0.05, 0) is 30.9 Å². The number of hydrogen-bond acceptors (Lipinski definition) is 2. The third-order valence-electron chi connectivity index (χ3n) is 5.25. The van der Waals surface area contributed by atoms with Crippen molar-refractivity contribution in [1.29, 1.82) is 0 Å². The van der Waals surface area contributed by atoms with Crippen molar-refractivity contribution in [1.82, 2.24) is 10.2 Å². The highest BCUT2D eigenvalue weighted by atomic mass is 35.5. The molecule has 3 heteroatoms. The maximum atomic E-state index is 6.38. The first-order chi connectivity index (χ1) is 10.2. The van der Waals surface area contributed by atoms with Crippen LogP contribution in [-0.4, -0.2) is 29.6 Å². The van der Waals surface area contributed by atoms with Gasteiger partial charge in [-0.1, -0.05) is 56.0 Å². The Bertz CT molecular complexity index is 468. The zero-order valence-corrected chi connectivity index (χ0v) is 13.8. The van der Waals surface area contributed by atoms with Crippen LogP contribution < -0.4 is 5.32 Å². The van der Waals surface area contributed by atoms with Gasteiger partial charge in [0.2, 0.25) is 0 Å². The zero-order chi connectivity index (χ0) is 14.7. The molecule has 2 aliphatic rings. The monoisotopic (exact) mass is 306 g/mol. The molecule has 2 fully saturated rings. The number of rotatable bonds is 4. The van der Waals surface area contributed by atoms with Crippen LogP contribution in [0.1, 0.15) is 51.0 Å². The van der Waals surface area contributed by atoms with Crippen molar-refractivity contribution in [2.24, 2.45) is 0 Å². The summed E-state index contributed by atoms with van der Waals surface area (Å²) in [4.78, 5) is 2.69. The molecule has 0 aromatic heterocycles. The van der Waals surface area contributed by atoms with Crippen LogP contribution in [0.4, 0.5) is 0 Å². The third-order valence-corrected chi connectivity index (χ3v) is 5.62. The topological polar surface area (TPSA) is 15.3 Å². The molecule has 1 unspecified atom stereocenters. The van der Waals surface area contributed by atoms with Crippen LogP contribution in [-0.2, 0) is 6.54 Å². The van der Waals surface area contributed by atoms with Crippen LogP contribution in [0.15, 0.2) is 24.3 Å². The van der Waals surface area contributed by atoms with Crippen molar-refractivity contribution in [3.8, 4) is 0 Å². The lowest BCUT2D eigenvalue weighted by molar-refractivity contribution is 0.0690. The first kappa shape index (κ1) is 15.3. The van der Waals surface area contributed by atoms with Gasteiger partial charge in [-0.2, -0.15) is 0 Å². The van der Waals surface area contributed by atoms with E-state index in [-0.39, 0.29) is 0 Å². The van der Waals surface area contributed by atoms with Crippen LogP contribution in [0, 0.1) is 0 Å². The van der Waals surface area contributed by atoms with E-state index in [1.165, 1.54) is 50.6 Å². The Morgan fingerprint density at radius 3 is 2.76 bits per heavy atom. The molecule has 1 saturated carbocycles. The summed E-state index contributed by atoms with van der Waals surface area (Å²) in [6.45, 7) is 5.60. The molecule has 1 aromatic rings. The molecular weight excluding hydrogens is 280 g/mol. The Kier molecular flexibility index (Phi) is 4.88. The SMILES string of the molecule is CCCC1CNC2(CCCC2)CN1Cc1ccccc1Cl. The van der Waals surface area contributed by atoms with E-state index in [1.54, 1.807) is 0 Å². The molecule has 0 bridgehead atoms. The summed E-state index contributed by atoms with van der Waals surface area (Å²) in [6, 6.07) is 8.96. The van der Waals surface area contributed by atoms with Gasteiger partial charge in [0.1, 0.15) is 0 Å². The lowest BCUT2D eigenvalue weighted by atomic mass is 9.91. The molecule has 1 spiro atoms. The van der Waals surface area contributed by atoms with E-state index in [0.717, 1.165) is 18.1 Å². The van der Waals surface area contributed by atoms with Gasteiger partial charge in [-0.15, -0.1) is 0 Å². The fourth-order valence-corrected chi connectivity index (χ4v) is 4.27. The van der Waals surface area contributed by atoms with Crippen molar-refractivity contribution in [3.63, 3.8) is 0 Å². The van der Waals surface area contributed by atoms with E-state index in [1.807, 2.05) is 12.1 Å². The second-order valence-corrected chi connectivity index (χ2v) is 7.21. The minimum absolute atomic E-state index is 0.380. The average Bonchev–Trinajstić information content (AvgIpc) is 2.93. The molecule has 116 valence electrons. The van der Waals surface area contributed by atoms with Crippen molar-refractivity contribution in [2.75, 3.05) is 13.1 Å². The van der Waals surface area contributed by atoms with Crippen LogP contribution in [0.5, 0.6) is 0 Å². The lowest BCUT2D eigenvalue weighted by Crippen LogP contribution is -2.62. The summed E-state index contributed by atoms with van der Waals surface area (Å²) < 4.78 is 0. The van der Waals surface area contributed by atoms with Gasteiger partial charge in [0, 0.05) is 36.2 Å². The summed E-state index contributed by atoms with van der Waals surface area (Å²) in [5, 5.41) is 4.79. The summed E-state index contributed by atoms with van der Waals surface area (Å²) in [7, 11) is 0. The fraction of sp³-hybridized carbons (Fsp3) is 0.667. The summed E-state index contributed by atoms with van der Waals surface area (Å²) >= 11 is 6.38. The van der Waals surface area contributed by atoms with E-state index in [4.69, 9.17) is 11.6 Å². The zero-order valence-electron chi connectivity index (χ0n) is 13.1. The third kappa shape index (κ3) is 3.44. The Hall–Kier alpha value is -0.570. The van der Waals surface area contributed by atoms with Gasteiger partial charge < -0.3 is 5.32 Å². The van der Waals surface area contributed by atoms with E-state index in [2.05, 4.69) is 29.3 Å². The molecular formula is C18H27ClN2. The predicted molar refractivity (Wildman–Crippen MR) is 89.8 cm³/mol. The van der Waals surface area contributed by atoms with Crippen LogP contribution >= 0.6 is 11.6 Å². The number of hydrogen-bond donors (Lipinski definition) is 1. The molecule has 0 amide bonds. The second-order valence-electron chi connectivity index (χ2n) is 6.81. The van der Waals surface area contributed by atoms with Crippen LogP contribution in [0.25, 0.3) is 0 Å². The van der Waals surface area contributed by atoms with Crippen LogP contribution in [0.3, 0.4) is 0 Å². The number of piperazine rings is 1. The number of benzene rings is 1. The maximum absolute atomic E-state index is 6.38. The highest BCUT2D eigenvalue weighted by molar-refractivity contribution is 6.31. The first-order valence-corrected chi connectivity index (χ1v) is 8.83. The molecule has 1 heterocycles. The highest BCUT2D eigenvalue weighted by Crippen LogP contribution is 2.34. The highest BCUT2D eigenvalue weighted by Gasteiger charge is 2.40. The lowest BCUT2D eigenvalue weighted by Gasteiger charge is -2.46. The van der Waals surface area contributed by atoms with Gasteiger partial charge in [0.15, 0.2) is 0 Å². The molecule has 1 aliphatic carbocycles. The molecule has 1 aromatic carbocycles. The molecule has 1 N–H and O–H groups in total. The molecule has 1 atom stereocenters. The van der Waals surface area contributed by atoms with Crippen molar-refractivity contribution >= 4 is 11.6 Å². The summed E-state index contributed by atoms with van der Waals surface area (Å²) in [6.07, 6.45) is 7.96. The molecule has 0 radical (unpaired) electrons. The standard InChI is InChI=1S/C18H27ClN2/c1-2-7-16-12-20-18(10-5-6-11-18)14-21(16)13-15-8-3-4-9-17(15)19/h3-4,8-9,16,20H,2,5-7,10-14H2,1H3. The average molecular weight is 307 g/mol. The predicted octanol–water partition coefficient (Wildman–Crippen LogP) is 4.23. The Labute approximate surface area is 133 Å². The smallest absolute Gasteiger partial charge is 0.0451 e. The molecule has 3 rings (SSSR count). The number of halogens is 1. The van der Waals surface area contributed by atoms with Crippen molar-refractivity contribution < 1.29 is 0 Å². The second kappa shape index (κ2) is 6.68. The van der Waals surface area contributed by atoms with E-state index in [9.17, 15) is 0 Å². The van der Waals surface area contributed by atoms with Crippen molar-refractivity contribution in [2.45, 2.75) is 63.6 Å². The summed E-state index contributed by atoms with van der Waals surface area (Å²) in [5.74, 6) is 0. The molecule has 21 heavy (non-hydrogen) atoms. The molecule has 2 nitrogen and oxygen atoms in total. The molecule has 1 aliphatic heterocycles. The Morgan fingerprint density at radius 2 is 2.05 bits per heavy atom. The van der Waals surface area contributed by atoms with E-state index < -0.39 is 0 Å².